The first-order valence-electron chi connectivity index (χ1n) is 8.20. The van der Waals surface area contributed by atoms with Crippen LogP contribution in [0.1, 0.15) is 46.3 Å². The Balaban J connectivity index is 1.59. The van der Waals surface area contributed by atoms with Crippen molar-refractivity contribution in [2.24, 2.45) is 13.0 Å². The number of hydrogen-bond donors (Lipinski definition) is 2. The lowest BCUT2D eigenvalue weighted by Gasteiger charge is -2.15. The van der Waals surface area contributed by atoms with Crippen LogP contribution in [0, 0.1) is 19.8 Å². The van der Waals surface area contributed by atoms with Gasteiger partial charge in [0.1, 0.15) is 17.8 Å². The summed E-state index contributed by atoms with van der Waals surface area (Å²) in [6.45, 7) is 4.28. The molecule has 0 unspecified atom stereocenters. The molecule has 1 saturated carbocycles. The van der Waals surface area contributed by atoms with Crippen molar-refractivity contribution in [3.63, 3.8) is 0 Å². The summed E-state index contributed by atoms with van der Waals surface area (Å²) in [5, 5.41) is 21.2. The maximum Gasteiger partial charge on any atom is 0.269 e. The van der Waals surface area contributed by atoms with E-state index < -0.39 is 6.10 Å². The van der Waals surface area contributed by atoms with Crippen LogP contribution in [-0.2, 0) is 7.05 Å². The van der Waals surface area contributed by atoms with Crippen molar-refractivity contribution < 1.29 is 9.90 Å². The summed E-state index contributed by atoms with van der Waals surface area (Å²) < 4.78 is 1.89. The number of aliphatic hydroxyl groups excluding tert-OH is 1. The number of carbonyl (C=O) groups is 1. The summed E-state index contributed by atoms with van der Waals surface area (Å²) in [6, 6.07) is 3.62. The molecule has 2 aromatic heterocycles. The topological polar surface area (TPSA) is 92.9 Å². The monoisotopic (exact) mass is 329 g/mol. The van der Waals surface area contributed by atoms with E-state index in [-0.39, 0.29) is 17.7 Å². The predicted molar refractivity (Wildman–Crippen MR) is 88.5 cm³/mol. The van der Waals surface area contributed by atoms with E-state index in [2.05, 4.69) is 20.5 Å². The molecule has 0 aromatic carbocycles. The quantitative estimate of drug-likeness (QED) is 0.876. The number of nitrogens with one attached hydrogen (secondary N) is 1. The first-order valence-corrected chi connectivity index (χ1v) is 8.20. The van der Waals surface area contributed by atoms with Gasteiger partial charge in [0.15, 0.2) is 0 Å². The largest absolute Gasteiger partial charge is 0.393 e. The van der Waals surface area contributed by atoms with E-state index >= 15 is 0 Å². The van der Waals surface area contributed by atoms with Crippen LogP contribution >= 0.6 is 0 Å². The number of aryl methyl sites for hydroxylation is 3. The van der Waals surface area contributed by atoms with Crippen molar-refractivity contribution >= 4 is 5.91 Å². The minimum Gasteiger partial charge on any atom is -0.393 e. The number of pyridine rings is 1. The first-order chi connectivity index (χ1) is 11.5. The molecule has 0 saturated heterocycles. The molecular formula is C17H23N5O2. The van der Waals surface area contributed by atoms with Crippen molar-refractivity contribution in [2.45, 2.75) is 38.7 Å². The smallest absolute Gasteiger partial charge is 0.269 e. The Morgan fingerprint density at radius 2 is 2.17 bits per heavy atom. The summed E-state index contributed by atoms with van der Waals surface area (Å²) in [6.07, 6.45) is 2.66. The van der Waals surface area contributed by atoms with Crippen LogP contribution in [-0.4, -0.2) is 43.4 Å². The Morgan fingerprint density at radius 3 is 2.83 bits per heavy atom. The normalized spacial score (nSPS) is 23.4. The van der Waals surface area contributed by atoms with E-state index in [1.54, 1.807) is 12.4 Å². The number of nitrogens with zero attached hydrogens (tertiary/aromatic N) is 4. The average Bonchev–Trinajstić information content (AvgIpc) is 3.13. The molecule has 0 spiro atoms. The van der Waals surface area contributed by atoms with Crippen LogP contribution in [0.5, 0.6) is 0 Å². The zero-order valence-corrected chi connectivity index (χ0v) is 14.2. The molecule has 0 bridgehead atoms. The van der Waals surface area contributed by atoms with Crippen molar-refractivity contribution in [1.29, 1.82) is 0 Å². The fraction of sp³-hybridized carbons (Fsp3) is 0.529. The summed E-state index contributed by atoms with van der Waals surface area (Å²) in [5.74, 6) is 0.877. The number of carbonyl (C=O) groups excluding carboxylic acids is 1. The lowest BCUT2D eigenvalue weighted by Crippen LogP contribution is -2.33. The second-order valence-electron chi connectivity index (χ2n) is 6.60. The van der Waals surface area contributed by atoms with Crippen LogP contribution in [0.15, 0.2) is 18.5 Å². The Hall–Kier alpha value is -2.28. The van der Waals surface area contributed by atoms with Crippen LogP contribution in [0.25, 0.3) is 0 Å². The lowest BCUT2D eigenvalue weighted by molar-refractivity contribution is 0.0911. The zero-order chi connectivity index (χ0) is 17.3. The van der Waals surface area contributed by atoms with E-state index in [1.165, 1.54) is 0 Å². The molecule has 2 N–H and O–H groups in total. The molecule has 2 aromatic rings. The molecule has 3 atom stereocenters. The van der Waals surface area contributed by atoms with Crippen LogP contribution in [0.2, 0.25) is 0 Å². The Bertz CT molecular complexity index is 742. The highest BCUT2D eigenvalue weighted by atomic mass is 16.3. The van der Waals surface area contributed by atoms with Crippen LogP contribution < -0.4 is 5.32 Å². The third kappa shape index (κ3) is 3.31. The first kappa shape index (κ1) is 16.6. The Morgan fingerprint density at radius 1 is 1.38 bits per heavy atom. The van der Waals surface area contributed by atoms with Gasteiger partial charge in [-0.3, -0.25) is 4.79 Å². The minimum absolute atomic E-state index is 0.0159. The van der Waals surface area contributed by atoms with Gasteiger partial charge < -0.3 is 15.0 Å². The maximum atomic E-state index is 12.3. The third-order valence-corrected chi connectivity index (χ3v) is 4.88. The molecule has 1 aliphatic carbocycles. The maximum absolute atomic E-state index is 12.3. The SMILES string of the molecule is Cc1ccc(C(=O)NC[C@H]2C[C@H](c3nncn3C)C[C@H]2O)nc1C. The molecule has 128 valence electrons. The van der Waals surface area contributed by atoms with Crippen molar-refractivity contribution in [1.82, 2.24) is 25.1 Å². The van der Waals surface area contributed by atoms with E-state index in [0.29, 0.717) is 18.7 Å². The van der Waals surface area contributed by atoms with E-state index in [1.807, 2.05) is 31.5 Å². The molecule has 0 aliphatic heterocycles. The Kier molecular flexibility index (Phi) is 4.62. The second-order valence-corrected chi connectivity index (χ2v) is 6.60. The lowest BCUT2D eigenvalue weighted by atomic mass is 10.0. The van der Waals surface area contributed by atoms with Gasteiger partial charge >= 0.3 is 0 Å². The molecule has 1 fully saturated rings. The van der Waals surface area contributed by atoms with Gasteiger partial charge in [-0.1, -0.05) is 6.07 Å². The standard InChI is InChI=1S/C17H23N5O2/c1-10-4-5-14(20-11(10)2)17(24)18-8-13-6-12(7-15(13)23)16-21-19-9-22(16)3/h4-5,9,12-13,15,23H,6-8H2,1-3H3,(H,18,24)/t12-,13+,15+/m0/s1. The summed E-state index contributed by atoms with van der Waals surface area (Å²) in [7, 11) is 1.90. The highest BCUT2D eigenvalue weighted by Gasteiger charge is 2.36. The number of aromatic nitrogens is 4. The number of hydrogen-bond acceptors (Lipinski definition) is 5. The summed E-state index contributed by atoms with van der Waals surface area (Å²) in [5.41, 5.74) is 2.32. The molecule has 7 heteroatoms. The van der Waals surface area contributed by atoms with Gasteiger partial charge in [-0.25, -0.2) is 4.98 Å². The number of aliphatic hydroxyl groups is 1. The van der Waals surface area contributed by atoms with Gasteiger partial charge in [0.2, 0.25) is 0 Å². The fourth-order valence-corrected chi connectivity index (χ4v) is 3.27. The third-order valence-electron chi connectivity index (χ3n) is 4.88. The van der Waals surface area contributed by atoms with Crippen LogP contribution in [0.4, 0.5) is 0 Å². The molecule has 0 radical (unpaired) electrons. The number of amides is 1. The van der Waals surface area contributed by atoms with Crippen molar-refractivity contribution in [3.8, 4) is 0 Å². The van der Waals surface area contributed by atoms with Gasteiger partial charge in [0.05, 0.1) is 6.10 Å². The van der Waals surface area contributed by atoms with E-state index in [0.717, 1.165) is 23.5 Å². The fourth-order valence-electron chi connectivity index (χ4n) is 3.27. The van der Waals surface area contributed by atoms with Crippen molar-refractivity contribution in [3.05, 3.63) is 41.2 Å². The highest BCUT2D eigenvalue weighted by Crippen LogP contribution is 2.37. The van der Waals surface area contributed by atoms with Gasteiger partial charge in [0, 0.05) is 31.1 Å². The molecule has 2 heterocycles. The summed E-state index contributed by atoms with van der Waals surface area (Å²) >= 11 is 0. The van der Waals surface area contributed by atoms with Gasteiger partial charge in [-0.05, 0) is 38.3 Å². The van der Waals surface area contributed by atoms with Gasteiger partial charge in [0.25, 0.3) is 5.91 Å². The minimum atomic E-state index is -0.445. The van der Waals surface area contributed by atoms with Crippen molar-refractivity contribution in [2.75, 3.05) is 6.54 Å². The second kappa shape index (κ2) is 6.68. The summed E-state index contributed by atoms with van der Waals surface area (Å²) in [4.78, 5) is 16.6. The van der Waals surface area contributed by atoms with Gasteiger partial charge in [-0.2, -0.15) is 0 Å². The molecule has 3 rings (SSSR count). The average molecular weight is 329 g/mol. The molecular weight excluding hydrogens is 306 g/mol. The molecule has 1 amide bonds. The van der Waals surface area contributed by atoms with E-state index in [9.17, 15) is 9.90 Å². The molecule has 24 heavy (non-hydrogen) atoms. The molecule has 7 nitrogen and oxygen atoms in total. The zero-order valence-electron chi connectivity index (χ0n) is 14.2. The van der Waals surface area contributed by atoms with E-state index in [4.69, 9.17) is 0 Å². The Labute approximate surface area is 141 Å². The number of rotatable bonds is 4. The predicted octanol–water partition coefficient (Wildman–Crippen LogP) is 1.11. The van der Waals surface area contributed by atoms with Gasteiger partial charge in [-0.15, -0.1) is 10.2 Å². The molecule has 1 aliphatic rings. The van der Waals surface area contributed by atoms with Crippen LogP contribution in [0.3, 0.4) is 0 Å². The highest BCUT2D eigenvalue weighted by molar-refractivity contribution is 5.92.